The van der Waals surface area contributed by atoms with Crippen molar-refractivity contribution in [1.82, 2.24) is 19.5 Å². The van der Waals surface area contributed by atoms with Crippen LogP contribution in [0.15, 0.2) is 60.7 Å². The van der Waals surface area contributed by atoms with Crippen LogP contribution in [0, 0.1) is 0 Å². The van der Waals surface area contributed by atoms with Crippen molar-refractivity contribution in [1.29, 1.82) is 0 Å². The number of ether oxygens (including phenoxy) is 3. The largest absolute Gasteiger partial charge is 0.492 e. The van der Waals surface area contributed by atoms with E-state index in [4.69, 9.17) is 14.2 Å². The third-order valence-corrected chi connectivity index (χ3v) is 5.59. The Bertz CT molecular complexity index is 1240. The maximum atomic E-state index is 5.81. The summed E-state index contributed by atoms with van der Waals surface area (Å²) in [6.07, 6.45) is 0. The normalized spacial score (nSPS) is 12.8. The highest BCUT2D eigenvalue weighted by atomic mass is 16.6. The predicted octanol–water partition coefficient (Wildman–Crippen LogP) is 4.24. The van der Waals surface area contributed by atoms with Crippen LogP contribution in [0.2, 0.25) is 0 Å². The Hall–Kier alpha value is -3.78. The summed E-state index contributed by atoms with van der Waals surface area (Å²) < 4.78 is 19.0. The van der Waals surface area contributed by atoms with Crippen molar-refractivity contribution in [2.24, 2.45) is 0 Å². The van der Waals surface area contributed by atoms with Crippen LogP contribution >= 0.6 is 0 Å². The molecular weight excluding hydrogens is 418 g/mol. The summed E-state index contributed by atoms with van der Waals surface area (Å²) in [7, 11) is 2.08. The Labute approximate surface area is 192 Å². The average Bonchev–Trinajstić information content (AvgIpc) is 3.27. The molecule has 3 heterocycles. The molecule has 2 aromatic heterocycles. The smallest absolute Gasteiger partial charge is 0.247 e. The molecule has 1 N–H and O–H groups in total. The van der Waals surface area contributed by atoms with Crippen LogP contribution in [-0.4, -0.2) is 59.5 Å². The molecule has 0 spiro atoms. The second-order valence-electron chi connectivity index (χ2n) is 7.87. The standard InChI is InChI=1S/C25H27N5O3/c1-3-29(2)13-14-31-20-10-8-19(9-11-20)26-25-27-24-6-4-5-21(30(24)28-25)18-7-12-22-23(17-18)33-16-15-32-22/h4-12,17H,3,13-16H2,1-2H3,(H,26,28). The van der Waals surface area contributed by atoms with Crippen LogP contribution in [0.25, 0.3) is 16.9 Å². The van der Waals surface area contributed by atoms with Gasteiger partial charge in [0.15, 0.2) is 17.1 Å². The van der Waals surface area contributed by atoms with E-state index >= 15 is 0 Å². The molecule has 4 aromatic rings. The van der Waals surface area contributed by atoms with E-state index < -0.39 is 0 Å². The van der Waals surface area contributed by atoms with Crippen LogP contribution in [0.4, 0.5) is 11.6 Å². The first-order chi connectivity index (χ1) is 16.2. The number of hydrogen-bond acceptors (Lipinski definition) is 7. The summed E-state index contributed by atoms with van der Waals surface area (Å²) in [6, 6.07) is 19.7. The highest BCUT2D eigenvalue weighted by Gasteiger charge is 2.15. The first-order valence-corrected chi connectivity index (χ1v) is 11.1. The number of aromatic nitrogens is 3. The summed E-state index contributed by atoms with van der Waals surface area (Å²) >= 11 is 0. The molecule has 0 amide bonds. The van der Waals surface area contributed by atoms with E-state index in [-0.39, 0.29) is 0 Å². The highest BCUT2D eigenvalue weighted by molar-refractivity contribution is 5.68. The number of anilines is 2. The lowest BCUT2D eigenvalue weighted by Crippen LogP contribution is -2.23. The fourth-order valence-electron chi connectivity index (χ4n) is 3.62. The van der Waals surface area contributed by atoms with Crippen molar-refractivity contribution in [2.75, 3.05) is 45.3 Å². The van der Waals surface area contributed by atoms with Gasteiger partial charge in [-0.2, -0.15) is 4.98 Å². The van der Waals surface area contributed by atoms with Crippen molar-refractivity contribution in [3.05, 3.63) is 60.7 Å². The molecule has 8 heteroatoms. The third-order valence-electron chi connectivity index (χ3n) is 5.59. The number of hydrogen-bond donors (Lipinski definition) is 1. The fourth-order valence-corrected chi connectivity index (χ4v) is 3.62. The van der Waals surface area contributed by atoms with Gasteiger partial charge in [0.1, 0.15) is 25.6 Å². The van der Waals surface area contributed by atoms with E-state index in [9.17, 15) is 0 Å². The first kappa shape index (κ1) is 21.1. The maximum Gasteiger partial charge on any atom is 0.247 e. The summed E-state index contributed by atoms with van der Waals surface area (Å²) in [6.45, 7) is 5.82. The molecule has 0 radical (unpaired) electrons. The minimum absolute atomic E-state index is 0.526. The topological polar surface area (TPSA) is 73.2 Å². The van der Waals surface area contributed by atoms with Gasteiger partial charge in [0.05, 0.1) is 5.69 Å². The van der Waals surface area contributed by atoms with E-state index in [0.29, 0.717) is 25.8 Å². The molecule has 0 saturated carbocycles. The molecule has 0 fully saturated rings. The number of pyridine rings is 1. The molecule has 33 heavy (non-hydrogen) atoms. The summed E-state index contributed by atoms with van der Waals surface area (Å²) in [5.41, 5.74) is 3.55. The van der Waals surface area contributed by atoms with Gasteiger partial charge in [-0.25, -0.2) is 4.52 Å². The van der Waals surface area contributed by atoms with Gasteiger partial charge in [-0.15, -0.1) is 5.10 Å². The number of nitrogens with zero attached hydrogens (tertiary/aromatic N) is 4. The van der Waals surface area contributed by atoms with Gasteiger partial charge < -0.3 is 24.4 Å². The Balaban J connectivity index is 1.32. The molecule has 170 valence electrons. The molecule has 2 aromatic carbocycles. The number of nitrogens with one attached hydrogen (secondary N) is 1. The Kier molecular flexibility index (Phi) is 5.99. The van der Waals surface area contributed by atoms with Gasteiger partial charge in [0.25, 0.3) is 0 Å². The molecule has 1 aliphatic rings. The lowest BCUT2D eigenvalue weighted by atomic mass is 10.1. The lowest BCUT2D eigenvalue weighted by molar-refractivity contribution is 0.171. The van der Waals surface area contributed by atoms with E-state index in [1.54, 1.807) is 0 Å². The monoisotopic (exact) mass is 445 g/mol. The van der Waals surface area contributed by atoms with Gasteiger partial charge in [0.2, 0.25) is 5.95 Å². The fraction of sp³-hybridized carbons (Fsp3) is 0.280. The van der Waals surface area contributed by atoms with Gasteiger partial charge in [0, 0.05) is 17.8 Å². The lowest BCUT2D eigenvalue weighted by Gasteiger charge is -2.19. The average molecular weight is 446 g/mol. The van der Waals surface area contributed by atoms with Crippen LogP contribution in [0.1, 0.15) is 6.92 Å². The zero-order valence-electron chi connectivity index (χ0n) is 18.8. The van der Waals surface area contributed by atoms with E-state index in [0.717, 1.165) is 52.9 Å². The third kappa shape index (κ3) is 4.70. The van der Waals surface area contributed by atoms with Crippen molar-refractivity contribution in [2.45, 2.75) is 6.92 Å². The summed E-state index contributed by atoms with van der Waals surface area (Å²) in [5.74, 6) is 2.88. The second kappa shape index (κ2) is 9.38. The predicted molar refractivity (Wildman–Crippen MR) is 128 cm³/mol. The van der Waals surface area contributed by atoms with E-state index in [1.165, 1.54) is 0 Å². The van der Waals surface area contributed by atoms with Crippen LogP contribution in [0.3, 0.4) is 0 Å². The molecule has 5 rings (SSSR count). The van der Waals surface area contributed by atoms with Gasteiger partial charge >= 0.3 is 0 Å². The van der Waals surface area contributed by atoms with Gasteiger partial charge in [-0.3, -0.25) is 0 Å². The minimum Gasteiger partial charge on any atom is -0.492 e. The first-order valence-electron chi connectivity index (χ1n) is 11.1. The number of fused-ring (bicyclic) bond motifs is 2. The minimum atomic E-state index is 0.526. The van der Waals surface area contributed by atoms with Crippen molar-refractivity contribution >= 4 is 17.3 Å². The second-order valence-corrected chi connectivity index (χ2v) is 7.87. The Morgan fingerprint density at radius 3 is 2.67 bits per heavy atom. The molecule has 0 bridgehead atoms. The summed E-state index contributed by atoms with van der Waals surface area (Å²) in [5, 5.41) is 7.96. The van der Waals surface area contributed by atoms with E-state index in [2.05, 4.69) is 34.3 Å². The molecule has 0 saturated heterocycles. The molecule has 0 atom stereocenters. The number of likely N-dealkylation sites (N-methyl/N-ethyl adjacent to an activating group) is 1. The zero-order chi connectivity index (χ0) is 22.6. The number of benzene rings is 2. The zero-order valence-corrected chi connectivity index (χ0v) is 18.8. The quantitative estimate of drug-likeness (QED) is 0.435. The van der Waals surface area contributed by atoms with E-state index in [1.807, 2.05) is 65.2 Å². The molecule has 0 unspecified atom stereocenters. The Morgan fingerprint density at radius 1 is 1.03 bits per heavy atom. The van der Waals surface area contributed by atoms with Crippen LogP contribution in [-0.2, 0) is 0 Å². The van der Waals surface area contributed by atoms with Crippen LogP contribution in [0.5, 0.6) is 17.2 Å². The molecule has 8 nitrogen and oxygen atoms in total. The molecule has 1 aliphatic heterocycles. The summed E-state index contributed by atoms with van der Waals surface area (Å²) in [4.78, 5) is 6.84. The van der Waals surface area contributed by atoms with Crippen molar-refractivity contribution in [3.63, 3.8) is 0 Å². The van der Waals surface area contributed by atoms with Gasteiger partial charge in [-0.05, 0) is 68.2 Å². The number of rotatable bonds is 8. The van der Waals surface area contributed by atoms with Crippen LogP contribution < -0.4 is 19.5 Å². The van der Waals surface area contributed by atoms with Gasteiger partial charge in [-0.1, -0.05) is 13.0 Å². The van der Waals surface area contributed by atoms with Crippen molar-refractivity contribution < 1.29 is 14.2 Å². The molecule has 0 aliphatic carbocycles. The highest BCUT2D eigenvalue weighted by Crippen LogP contribution is 2.34. The Morgan fingerprint density at radius 2 is 1.85 bits per heavy atom. The maximum absolute atomic E-state index is 5.81. The molecular formula is C25H27N5O3. The SMILES string of the molecule is CCN(C)CCOc1ccc(Nc2nc3cccc(-c4ccc5c(c4)OCCO5)n3n2)cc1. The van der Waals surface area contributed by atoms with Crippen molar-refractivity contribution in [3.8, 4) is 28.5 Å².